The van der Waals surface area contributed by atoms with Crippen LogP contribution in [0.3, 0.4) is 0 Å². The highest BCUT2D eigenvalue weighted by molar-refractivity contribution is 5.89. The first-order valence-corrected chi connectivity index (χ1v) is 12.7. The van der Waals surface area contributed by atoms with E-state index in [1.54, 1.807) is 0 Å². The topological polar surface area (TPSA) is 7.12 Å². The molecule has 170 valence electrons. The number of anilines is 1. The normalized spacial score (nSPS) is 14.5. The van der Waals surface area contributed by atoms with Gasteiger partial charge in [0.1, 0.15) is 6.54 Å². The average Bonchev–Trinajstić information content (AvgIpc) is 2.87. The molecule has 1 aliphatic heterocycles. The Morgan fingerprint density at radius 1 is 0.848 bits per heavy atom. The van der Waals surface area contributed by atoms with E-state index < -0.39 is 0 Å². The lowest BCUT2D eigenvalue weighted by Gasteiger charge is -2.27. The summed E-state index contributed by atoms with van der Waals surface area (Å²) in [6.07, 6.45) is 21.4. The van der Waals surface area contributed by atoms with Crippen LogP contribution >= 0.6 is 0 Å². The van der Waals surface area contributed by atoms with Crippen LogP contribution in [0.15, 0.2) is 85.2 Å². The number of rotatable bonds is 10. The summed E-state index contributed by atoms with van der Waals surface area (Å²) < 4.78 is 2.30. The lowest BCUT2D eigenvalue weighted by atomic mass is 9.99. The molecule has 0 aliphatic carbocycles. The largest absolute Gasteiger partial charge is 0.347 e. The molecule has 0 unspecified atom stereocenters. The van der Waals surface area contributed by atoms with Gasteiger partial charge in [-0.25, -0.2) is 0 Å². The standard InChI is InChI=1S/C31H37N2/c1-3-5-6-7-8-13-23-33-25-22-27(29-18-10-12-20-31(29)33)16-14-15-26-21-24-32(4-2)30-19-11-9-17-28(26)30/h9-12,14-22,24-25H,3-8,13,23H2,1-2H3/q+1. The van der Waals surface area contributed by atoms with Gasteiger partial charge in [-0.15, -0.1) is 0 Å². The van der Waals surface area contributed by atoms with Gasteiger partial charge in [0.15, 0.2) is 6.20 Å². The zero-order chi connectivity index (χ0) is 22.9. The van der Waals surface area contributed by atoms with Crippen LogP contribution in [0.25, 0.3) is 22.6 Å². The van der Waals surface area contributed by atoms with Crippen molar-refractivity contribution >= 4 is 28.2 Å². The zero-order valence-corrected chi connectivity index (χ0v) is 20.2. The van der Waals surface area contributed by atoms with Gasteiger partial charge in [-0.2, -0.15) is 4.57 Å². The molecule has 1 aromatic heterocycles. The third kappa shape index (κ3) is 5.63. The van der Waals surface area contributed by atoms with Gasteiger partial charge in [-0.1, -0.05) is 87.6 Å². The second-order valence-electron chi connectivity index (χ2n) is 8.85. The van der Waals surface area contributed by atoms with Crippen LogP contribution < -0.4 is 9.47 Å². The molecule has 0 atom stereocenters. The Morgan fingerprint density at radius 3 is 2.52 bits per heavy atom. The molecule has 0 bridgehead atoms. The molecular formula is C31H37N2+. The first kappa shape index (κ1) is 23.0. The highest BCUT2D eigenvalue weighted by atomic mass is 15.1. The Morgan fingerprint density at radius 2 is 1.64 bits per heavy atom. The van der Waals surface area contributed by atoms with Crippen molar-refractivity contribution in [2.24, 2.45) is 0 Å². The molecule has 33 heavy (non-hydrogen) atoms. The van der Waals surface area contributed by atoms with Crippen LogP contribution in [0.2, 0.25) is 0 Å². The van der Waals surface area contributed by atoms with E-state index >= 15 is 0 Å². The average molecular weight is 438 g/mol. The maximum atomic E-state index is 2.42. The smallest absolute Gasteiger partial charge is 0.213 e. The number of unbranched alkanes of at least 4 members (excludes halogenated alkanes) is 5. The fourth-order valence-corrected chi connectivity index (χ4v) is 4.70. The summed E-state index contributed by atoms with van der Waals surface area (Å²) in [4.78, 5) is 2.42. The monoisotopic (exact) mass is 437 g/mol. The Labute approximate surface area is 199 Å². The molecule has 2 heterocycles. The van der Waals surface area contributed by atoms with Crippen molar-refractivity contribution < 1.29 is 4.57 Å². The zero-order valence-electron chi connectivity index (χ0n) is 20.2. The van der Waals surface area contributed by atoms with Crippen LogP contribution in [0.5, 0.6) is 0 Å². The minimum absolute atomic E-state index is 0.978. The number of para-hydroxylation sites is 2. The van der Waals surface area contributed by atoms with Crippen LogP contribution in [0, 0.1) is 0 Å². The summed E-state index contributed by atoms with van der Waals surface area (Å²) in [7, 11) is 0. The van der Waals surface area contributed by atoms with Crippen LogP contribution in [0.1, 0.15) is 63.5 Å². The van der Waals surface area contributed by atoms with Gasteiger partial charge in [0.2, 0.25) is 5.52 Å². The van der Waals surface area contributed by atoms with E-state index in [2.05, 4.69) is 115 Å². The van der Waals surface area contributed by atoms with Gasteiger partial charge >= 0.3 is 0 Å². The van der Waals surface area contributed by atoms with Crippen molar-refractivity contribution in [2.45, 2.75) is 58.9 Å². The van der Waals surface area contributed by atoms with Crippen LogP contribution in [-0.4, -0.2) is 6.54 Å². The number of fused-ring (bicyclic) bond motifs is 2. The summed E-state index contributed by atoms with van der Waals surface area (Å²) in [5.41, 5.74) is 6.44. The summed E-state index contributed by atoms with van der Waals surface area (Å²) >= 11 is 0. The molecule has 2 nitrogen and oxygen atoms in total. The van der Waals surface area contributed by atoms with E-state index in [1.807, 2.05) is 0 Å². The number of pyridine rings is 1. The fraction of sp³-hybridized carbons (Fsp3) is 0.323. The lowest BCUT2D eigenvalue weighted by Crippen LogP contribution is -2.32. The predicted octanol–water partition coefficient (Wildman–Crippen LogP) is 7.94. The second-order valence-corrected chi connectivity index (χ2v) is 8.85. The molecule has 2 aromatic carbocycles. The molecule has 4 rings (SSSR count). The first-order chi connectivity index (χ1) is 16.3. The lowest BCUT2D eigenvalue weighted by molar-refractivity contribution is -0.667. The summed E-state index contributed by atoms with van der Waals surface area (Å²) in [5, 5.41) is 1.29. The Hall–Kier alpha value is -3.13. The van der Waals surface area contributed by atoms with Gasteiger partial charge in [-0.05, 0) is 42.7 Å². The van der Waals surface area contributed by atoms with Gasteiger partial charge in [0.05, 0.1) is 5.39 Å². The van der Waals surface area contributed by atoms with Gasteiger partial charge in [0, 0.05) is 36.1 Å². The quantitative estimate of drug-likeness (QED) is 0.231. The molecule has 2 heteroatoms. The van der Waals surface area contributed by atoms with Crippen molar-refractivity contribution in [3.05, 3.63) is 96.3 Å². The van der Waals surface area contributed by atoms with E-state index in [1.165, 1.54) is 71.8 Å². The molecular weight excluding hydrogens is 400 g/mol. The van der Waals surface area contributed by atoms with Gasteiger partial charge < -0.3 is 4.90 Å². The predicted molar refractivity (Wildman–Crippen MR) is 143 cm³/mol. The minimum atomic E-state index is 0.978. The minimum Gasteiger partial charge on any atom is -0.347 e. The SMILES string of the molecule is CCCCCCCCN1C=C/C(=C\C=C\c2cc[n+](CC)c3ccccc23)c2ccccc21. The molecule has 0 N–H and O–H groups in total. The number of allylic oxidation sites excluding steroid dienone is 4. The van der Waals surface area contributed by atoms with Crippen LogP contribution in [-0.2, 0) is 6.54 Å². The van der Waals surface area contributed by atoms with E-state index in [4.69, 9.17) is 0 Å². The molecule has 3 aromatic rings. The van der Waals surface area contributed by atoms with Crippen molar-refractivity contribution in [3.8, 4) is 0 Å². The number of benzene rings is 2. The van der Waals surface area contributed by atoms with Gasteiger partial charge in [-0.3, -0.25) is 0 Å². The highest BCUT2D eigenvalue weighted by Crippen LogP contribution is 2.33. The molecule has 0 saturated carbocycles. The number of aryl methyl sites for hydroxylation is 1. The maximum Gasteiger partial charge on any atom is 0.213 e. The van der Waals surface area contributed by atoms with E-state index in [0.717, 1.165) is 13.1 Å². The molecule has 0 amide bonds. The maximum absolute atomic E-state index is 2.42. The number of hydrogen-bond acceptors (Lipinski definition) is 1. The Bertz CT molecular complexity index is 1150. The van der Waals surface area contributed by atoms with Crippen molar-refractivity contribution in [1.82, 2.24) is 0 Å². The molecule has 0 spiro atoms. The van der Waals surface area contributed by atoms with E-state index in [-0.39, 0.29) is 0 Å². The third-order valence-electron chi connectivity index (χ3n) is 6.56. The molecule has 0 saturated heterocycles. The second kappa shape index (κ2) is 11.7. The van der Waals surface area contributed by atoms with Crippen molar-refractivity contribution in [1.29, 1.82) is 0 Å². The van der Waals surface area contributed by atoms with E-state index in [0.29, 0.717) is 0 Å². The van der Waals surface area contributed by atoms with Crippen LogP contribution in [0.4, 0.5) is 5.69 Å². The summed E-state index contributed by atoms with van der Waals surface area (Å²) in [6.45, 7) is 6.54. The third-order valence-corrected chi connectivity index (χ3v) is 6.56. The summed E-state index contributed by atoms with van der Waals surface area (Å²) in [6, 6.07) is 19.7. The van der Waals surface area contributed by atoms with E-state index in [9.17, 15) is 0 Å². The number of nitrogens with zero attached hydrogens (tertiary/aromatic N) is 2. The molecule has 1 aliphatic rings. The Kier molecular flexibility index (Phi) is 8.14. The number of aromatic nitrogens is 1. The van der Waals surface area contributed by atoms with Gasteiger partial charge in [0.25, 0.3) is 0 Å². The number of hydrogen-bond donors (Lipinski definition) is 0. The van der Waals surface area contributed by atoms with Crippen molar-refractivity contribution in [2.75, 3.05) is 11.4 Å². The fourth-order valence-electron chi connectivity index (χ4n) is 4.70. The Balaban J connectivity index is 1.49. The first-order valence-electron chi connectivity index (χ1n) is 12.7. The molecule has 0 fully saturated rings. The summed E-state index contributed by atoms with van der Waals surface area (Å²) in [5.74, 6) is 0. The van der Waals surface area contributed by atoms with Crippen molar-refractivity contribution in [3.63, 3.8) is 0 Å². The molecule has 0 radical (unpaired) electrons. The highest BCUT2D eigenvalue weighted by Gasteiger charge is 2.15.